The molecule has 110 valence electrons. The number of hydrogen-bond acceptors (Lipinski definition) is 4. The van der Waals surface area contributed by atoms with E-state index < -0.39 is 23.5 Å². The summed E-state index contributed by atoms with van der Waals surface area (Å²) in [6.07, 6.45) is -0.261. The molecule has 1 amide bonds. The third-order valence-corrected chi connectivity index (χ3v) is 3.57. The minimum atomic E-state index is -0.788. The Morgan fingerprint density at radius 1 is 1.29 bits per heavy atom. The summed E-state index contributed by atoms with van der Waals surface area (Å²) >= 11 is 1.12. The van der Waals surface area contributed by atoms with Crippen molar-refractivity contribution in [2.75, 3.05) is 12.4 Å². The maximum atomic E-state index is 13.5. The van der Waals surface area contributed by atoms with Crippen molar-refractivity contribution < 1.29 is 23.1 Å². The molecule has 0 saturated heterocycles. The minimum Gasteiger partial charge on any atom is -0.465 e. The van der Waals surface area contributed by atoms with Gasteiger partial charge in [-0.25, -0.2) is 13.6 Å². The molecule has 0 spiro atoms. The maximum absolute atomic E-state index is 13.5. The number of hydrogen-bond donors (Lipinski definition) is 1. The van der Waals surface area contributed by atoms with Crippen LogP contribution in [-0.2, 0) is 16.0 Å². The molecule has 21 heavy (non-hydrogen) atoms. The summed E-state index contributed by atoms with van der Waals surface area (Å²) in [6.45, 7) is 0. The Balaban J connectivity index is 2.09. The van der Waals surface area contributed by atoms with Crippen molar-refractivity contribution in [1.29, 1.82) is 0 Å². The van der Waals surface area contributed by atoms with Gasteiger partial charge in [0.2, 0.25) is 5.91 Å². The highest BCUT2D eigenvalue weighted by Gasteiger charge is 2.16. The molecule has 0 aliphatic rings. The fraction of sp³-hybridized carbons (Fsp3) is 0.143. The van der Waals surface area contributed by atoms with Crippen molar-refractivity contribution in [2.24, 2.45) is 0 Å². The minimum absolute atomic E-state index is 0.0729. The number of thiophene rings is 1. The molecule has 0 fully saturated rings. The van der Waals surface area contributed by atoms with Crippen LogP contribution < -0.4 is 5.32 Å². The number of amides is 1. The first-order chi connectivity index (χ1) is 10.0. The van der Waals surface area contributed by atoms with Gasteiger partial charge in [-0.05, 0) is 23.1 Å². The lowest BCUT2D eigenvalue weighted by atomic mass is 10.1. The highest BCUT2D eigenvalue weighted by atomic mass is 32.1. The molecule has 0 unspecified atom stereocenters. The summed E-state index contributed by atoms with van der Waals surface area (Å²) < 4.78 is 30.8. The monoisotopic (exact) mass is 311 g/mol. The maximum Gasteiger partial charge on any atom is 0.350 e. The molecule has 0 radical (unpaired) electrons. The first-order valence-electron chi connectivity index (χ1n) is 5.91. The lowest BCUT2D eigenvalue weighted by molar-refractivity contribution is -0.115. The van der Waals surface area contributed by atoms with Crippen LogP contribution in [0.1, 0.15) is 15.2 Å². The predicted octanol–water partition coefficient (Wildman–Crippen LogP) is 2.99. The molecule has 2 rings (SSSR count). The molecule has 1 aromatic heterocycles. The normalized spacial score (nSPS) is 10.2. The van der Waals surface area contributed by atoms with Crippen molar-refractivity contribution in [2.45, 2.75) is 6.42 Å². The predicted molar refractivity (Wildman–Crippen MR) is 74.4 cm³/mol. The smallest absolute Gasteiger partial charge is 0.350 e. The largest absolute Gasteiger partial charge is 0.465 e. The zero-order valence-electron chi connectivity index (χ0n) is 11.0. The Morgan fingerprint density at radius 3 is 2.71 bits per heavy atom. The Hall–Kier alpha value is -2.28. The molecule has 4 nitrogen and oxygen atoms in total. The van der Waals surface area contributed by atoms with E-state index in [0.29, 0.717) is 11.8 Å². The molecule has 1 heterocycles. The molecule has 1 N–H and O–H groups in total. The van der Waals surface area contributed by atoms with Crippen molar-refractivity contribution >= 4 is 28.9 Å². The third-order valence-electron chi connectivity index (χ3n) is 2.68. The Bertz CT molecular complexity index is 685. The van der Waals surface area contributed by atoms with Gasteiger partial charge in [0.15, 0.2) is 0 Å². The second kappa shape index (κ2) is 6.45. The van der Waals surface area contributed by atoms with Crippen LogP contribution in [0.15, 0.2) is 29.6 Å². The molecule has 0 aliphatic carbocycles. The van der Waals surface area contributed by atoms with Gasteiger partial charge in [0.1, 0.15) is 16.5 Å². The molecular weight excluding hydrogens is 300 g/mol. The average molecular weight is 311 g/mol. The second-order valence-electron chi connectivity index (χ2n) is 4.12. The summed E-state index contributed by atoms with van der Waals surface area (Å²) in [7, 11) is 1.24. The SMILES string of the molecule is COC(=O)c1sccc1NC(=O)Cc1ccc(F)cc1F. The molecule has 0 aliphatic heterocycles. The second-order valence-corrected chi connectivity index (χ2v) is 5.03. The molecule has 7 heteroatoms. The number of benzene rings is 1. The van der Waals surface area contributed by atoms with Crippen LogP contribution in [0.25, 0.3) is 0 Å². The number of anilines is 1. The number of rotatable bonds is 4. The Labute approximate surface area is 123 Å². The first-order valence-corrected chi connectivity index (χ1v) is 6.79. The number of halogens is 2. The number of nitrogens with one attached hydrogen (secondary N) is 1. The highest BCUT2D eigenvalue weighted by Crippen LogP contribution is 2.23. The van der Waals surface area contributed by atoms with Crippen LogP contribution in [0.5, 0.6) is 0 Å². The Morgan fingerprint density at radius 2 is 2.05 bits per heavy atom. The summed E-state index contributed by atoms with van der Waals surface area (Å²) in [5.41, 5.74) is 0.378. The van der Waals surface area contributed by atoms with E-state index in [9.17, 15) is 18.4 Å². The summed E-state index contributed by atoms with van der Waals surface area (Å²) in [5, 5.41) is 4.13. The van der Waals surface area contributed by atoms with Gasteiger partial charge in [-0.1, -0.05) is 6.07 Å². The Kier molecular flexibility index (Phi) is 4.64. The van der Waals surface area contributed by atoms with E-state index in [-0.39, 0.29) is 16.9 Å². The van der Waals surface area contributed by atoms with Crippen LogP contribution >= 0.6 is 11.3 Å². The fourth-order valence-electron chi connectivity index (χ4n) is 1.69. The van der Waals surface area contributed by atoms with Crippen LogP contribution in [0.2, 0.25) is 0 Å². The lowest BCUT2D eigenvalue weighted by Gasteiger charge is -2.06. The van der Waals surface area contributed by atoms with E-state index in [0.717, 1.165) is 17.4 Å². The van der Waals surface area contributed by atoms with E-state index >= 15 is 0 Å². The zero-order valence-corrected chi connectivity index (χ0v) is 11.8. The van der Waals surface area contributed by atoms with Crippen molar-refractivity contribution in [3.05, 3.63) is 51.7 Å². The van der Waals surface area contributed by atoms with Crippen LogP contribution in [-0.4, -0.2) is 19.0 Å². The molecule has 0 saturated carbocycles. The summed E-state index contributed by atoms with van der Waals surface area (Å²) in [6, 6.07) is 4.55. The fourth-order valence-corrected chi connectivity index (χ4v) is 2.46. The molecule has 2 aromatic rings. The lowest BCUT2D eigenvalue weighted by Crippen LogP contribution is -2.16. The number of esters is 1. The summed E-state index contributed by atoms with van der Waals surface area (Å²) in [4.78, 5) is 23.6. The zero-order chi connectivity index (χ0) is 15.4. The van der Waals surface area contributed by atoms with Crippen LogP contribution in [0, 0.1) is 11.6 Å². The van der Waals surface area contributed by atoms with Crippen LogP contribution in [0.3, 0.4) is 0 Å². The van der Waals surface area contributed by atoms with Crippen molar-refractivity contribution in [3.63, 3.8) is 0 Å². The molecule has 0 atom stereocenters. The van der Waals surface area contributed by atoms with Gasteiger partial charge in [-0.2, -0.15) is 0 Å². The third kappa shape index (κ3) is 3.63. The topological polar surface area (TPSA) is 55.4 Å². The average Bonchev–Trinajstić information content (AvgIpc) is 2.89. The van der Waals surface area contributed by atoms with Gasteiger partial charge in [0.25, 0.3) is 0 Å². The molecule has 1 aromatic carbocycles. The van der Waals surface area contributed by atoms with Gasteiger partial charge < -0.3 is 10.1 Å². The highest BCUT2D eigenvalue weighted by molar-refractivity contribution is 7.12. The van der Waals surface area contributed by atoms with E-state index in [2.05, 4.69) is 10.1 Å². The number of ether oxygens (including phenoxy) is 1. The van der Waals surface area contributed by atoms with Crippen molar-refractivity contribution in [1.82, 2.24) is 0 Å². The number of carbonyl (C=O) groups excluding carboxylic acids is 2. The van der Waals surface area contributed by atoms with E-state index in [1.165, 1.54) is 13.2 Å². The quantitative estimate of drug-likeness (QED) is 0.883. The molecular formula is C14H11F2NO3S. The van der Waals surface area contributed by atoms with E-state index in [1.54, 1.807) is 11.4 Å². The van der Waals surface area contributed by atoms with Gasteiger partial charge in [0, 0.05) is 6.07 Å². The number of methoxy groups -OCH3 is 1. The molecule has 0 bridgehead atoms. The van der Waals surface area contributed by atoms with Gasteiger partial charge in [0.05, 0.1) is 19.2 Å². The van der Waals surface area contributed by atoms with E-state index in [4.69, 9.17) is 0 Å². The number of carbonyl (C=O) groups is 2. The first kappa shape index (κ1) is 15.1. The standard InChI is InChI=1S/C14H11F2NO3S/c1-20-14(19)13-11(4-5-21-13)17-12(18)6-8-2-3-9(15)7-10(8)16/h2-5,7H,6H2,1H3,(H,17,18). The summed E-state index contributed by atoms with van der Waals surface area (Å²) in [5.74, 6) is -2.57. The van der Waals surface area contributed by atoms with E-state index in [1.807, 2.05) is 0 Å². The van der Waals surface area contributed by atoms with Crippen LogP contribution in [0.4, 0.5) is 14.5 Å². The van der Waals surface area contributed by atoms with Gasteiger partial charge in [-0.3, -0.25) is 4.79 Å². The van der Waals surface area contributed by atoms with Crippen molar-refractivity contribution in [3.8, 4) is 0 Å². The van der Waals surface area contributed by atoms with Gasteiger partial charge in [-0.15, -0.1) is 11.3 Å². The van der Waals surface area contributed by atoms with Gasteiger partial charge >= 0.3 is 5.97 Å².